The highest BCUT2D eigenvalue weighted by molar-refractivity contribution is 7.96. The molecule has 0 radical (unpaired) electrons. The van der Waals surface area contributed by atoms with E-state index in [9.17, 15) is 14.7 Å². The normalized spacial score (nSPS) is 13.6. The first-order valence-electron chi connectivity index (χ1n) is 20.3. The van der Waals surface area contributed by atoms with E-state index >= 15 is 0 Å². The van der Waals surface area contributed by atoms with Gasteiger partial charge in [0.15, 0.2) is 8.32 Å². The number of nitrogens with one attached hydrogen (secondary N) is 1. The van der Waals surface area contributed by atoms with Crippen LogP contribution in [0.25, 0.3) is 9.69 Å². The van der Waals surface area contributed by atoms with Crippen molar-refractivity contribution in [1.29, 1.82) is 0 Å². The highest BCUT2D eigenvalue weighted by atomic mass is 35.5. The van der Waals surface area contributed by atoms with Gasteiger partial charge in [0, 0.05) is 15.0 Å². The summed E-state index contributed by atoms with van der Waals surface area (Å²) in [5.74, 6) is -0.198. The second kappa shape index (κ2) is 25.4. The Balaban J connectivity index is 0.000000966. The molecular weight excluding hydrogens is 881 g/mol. The van der Waals surface area contributed by atoms with Crippen molar-refractivity contribution >= 4 is 81.8 Å². The summed E-state index contributed by atoms with van der Waals surface area (Å²) in [6.45, 7) is 52.0. The molecule has 3 rings (SSSR count). The molecule has 10 nitrogen and oxygen atoms in total. The molecule has 0 bridgehead atoms. The fourth-order valence-electron chi connectivity index (χ4n) is 4.97. The number of carbonyl (C=O) groups is 2. The Hall–Kier alpha value is -2.85. The molecule has 0 unspecified atom stereocenters. The Bertz CT molecular complexity index is 2000. The Labute approximate surface area is 386 Å². The Morgan fingerprint density at radius 1 is 0.885 bits per heavy atom. The van der Waals surface area contributed by atoms with Crippen LogP contribution in [0.15, 0.2) is 28.7 Å². The van der Waals surface area contributed by atoms with E-state index in [1.54, 1.807) is 32.0 Å². The number of amides is 1. The van der Waals surface area contributed by atoms with Crippen LogP contribution in [0.2, 0.25) is 52.9 Å². The fourth-order valence-corrected chi connectivity index (χ4v) is 6.88. The number of aliphatic hydroxyl groups is 1. The average molecular weight is 951 g/mol. The number of aromatic nitrogens is 2. The maximum Gasteiger partial charge on any atom is 0.226 e. The molecule has 0 aliphatic rings. The summed E-state index contributed by atoms with van der Waals surface area (Å²) in [4.78, 5) is 29.9. The molecule has 1 amide bonds. The quantitative estimate of drug-likeness (QED) is 0.105. The molecule has 0 spiro atoms. The Morgan fingerprint density at radius 3 is 1.64 bits per heavy atom. The standard InChI is InChI=1S/C21H30ClN3O2Si.C16H19ClN2O3.C7H18Si.CH3PS/c1-13-16(10-11-18(23-7)19(13)22)12-17(20-25-24-15(3)26-20)14(2)27-28(8,9)21(4,5)6;1-9(20)8-19-16(22)13(11(3)21)7-12-5-6-14(18-4)15(17)10(12)2;1-7(2,3)8(4,5)6;1-2-3/h10-11,14,17H,12H2,1-6,8-9H3;5-6,11,13,21H,7-8H2,1-3H3,(H,19,22);1-6H3;1H3/t14-,17+;11-,13+;;/m00../s1. The second-order valence-corrected chi connectivity index (χ2v) is 31.8. The third-order valence-electron chi connectivity index (χ3n) is 11.5. The molecule has 61 heavy (non-hydrogen) atoms. The van der Waals surface area contributed by atoms with Crippen LogP contribution in [-0.4, -0.2) is 68.8 Å². The lowest BCUT2D eigenvalue weighted by Crippen LogP contribution is -2.44. The lowest BCUT2D eigenvalue weighted by atomic mass is 9.91. The van der Waals surface area contributed by atoms with Crippen molar-refractivity contribution in [3.05, 3.63) is 91.2 Å². The fraction of sp³-hybridized carbons (Fsp3) is 0.600. The minimum Gasteiger partial charge on any atom is -0.425 e. The number of aryl methyl sites for hydroxylation is 1. The molecule has 2 aromatic carbocycles. The van der Waals surface area contributed by atoms with Crippen molar-refractivity contribution in [1.82, 2.24) is 15.5 Å². The van der Waals surface area contributed by atoms with Gasteiger partial charge in [-0.25, -0.2) is 9.69 Å². The van der Waals surface area contributed by atoms with Crippen LogP contribution < -0.4 is 5.32 Å². The molecule has 338 valence electrons. The van der Waals surface area contributed by atoms with Gasteiger partial charge >= 0.3 is 0 Å². The Morgan fingerprint density at radius 2 is 1.31 bits per heavy atom. The van der Waals surface area contributed by atoms with Crippen molar-refractivity contribution in [3.63, 3.8) is 0 Å². The van der Waals surface area contributed by atoms with Gasteiger partial charge in [-0.05, 0) is 107 Å². The monoisotopic (exact) mass is 949 g/mol. The number of benzene rings is 2. The highest BCUT2D eigenvalue weighted by Crippen LogP contribution is 2.41. The van der Waals surface area contributed by atoms with E-state index < -0.39 is 28.4 Å². The number of rotatable bonds is 12. The van der Waals surface area contributed by atoms with Crippen molar-refractivity contribution in [2.24, 2.45) is 5.92 Å². The third-order valence-corrected chi connectivity index (χ3v) is 21.5. The van der Waals surface area contributed by atoms with Gasteiger partial charge in [0.05, 0.1) is 53.8 Å². The summed E-state index contributed by atoms with van der Waals surface area (Å²) < 4.78 is 12.4. The molecule has 2 N–H and O–H groups in total. The first-order valence-corrected chi connectivity index (χ1v) is 29.8. The lowest BCUT2D eigenvalue weighted by Gasteiger charge is -2.40. The summed E-state index contributed by atoms with van der Waals surface area (Å²) in [6.07, 6.45) is -0.0305. The second-order valence-electron chi connectivity index (χ2n) is 18.8. The third kappa shape index (κ3) is 18.8. The van der Waals surface area contributed by atoms with E-state index in [1.165, 1.54) is 13.8 Å². The van der Waals surface area contributed by atoms with E-state index in [4.69, 9.17) is 45.2 Å². The first-order chi connectivity index (χ1) is 27.8. The van der Waals surface area contributed by atoms with E-state index in [1.807, 2.05) is 19.7 Å². The van der Waals surface area contributed by atoms with E-state index in [0.29, 0.717) is 44.7 Å². The SMILES string of the molecule is CC(C)(C)[Si](C)(C)C.CP=S.[C-]#[N+]c1ccc(C[C@@H](C(=O)NCC(C)=O)[C@H](C)O)c(C)c1Cl.[C-]#[N+]c1ccc(C[C@@H](c2nnc(C)o2)[C@H](C)O[Si](C)(C)C(C)(C)C)c(C)c1Cl. The number of ketones is 1. The molecule has 0 saturated heterocycles. The van der Waals surface area contributed by atoms with Gasteiger partial charge in [-0.2, -0.15) is 0 Å². The highest BCUT2D eigenvalue weighted by Gasteiger charge is 2.41. The van der Waals surface area contributed by atoms with Gasteiger partial charge in [-0.3, -0.25) is 9.59 Å². The number of nitrogens with zero attached hydrogens (tertiary/aromatic N) is 4. The molecule has 0 aliphatic carbocycles. The van der Waals surface area contributed by atoms with Gasteiger partial charge in [-0.1, -0.05) is 120 Å². The summed E-state index contributed by atoms with van der Waals surface area (Å²) in [7, 11) is -1.83. The zero-order chi connectivity index (χ0) is 47.8. The molecule has 1 aromatic heterocycles. The van der Waals surface area contributed by atoms with Crippen LogP contribution in [0, 0.1) is 39.8 Å². The molecule has 0 aliphatic heterocycles. The minimum atomic E-state index is -1.97. The number of hydrogen-bond acceptors (Lipinski definition) is 8. The predicted octanol–water partition coefficient (Wildman–Crippen LogP) is 13.2. The maximum atomic E-state index is 12.1. The number of hydrogen-bond donors (Lipinski definition) is 2. The lowest BCUT2D eigenvalue weighted by molar-refractivity contribution is -0.130. The number of aliphatic hydroxyl groups excluding tert-OH is 1. The van der Waals surface area contributed by atoms with Gasteiger partial charge < -0.3 is 19.3 Å². The zero-order valence-electron chi connectivity index (χ0n) is 39.7. The maximum absolute atomic E-state index is 12.1. The molecule has 3 aromatic rings. The molecule has 0 fully saturated rings. The van der Waals surface area contributed by atoms with Crippen LogP contribution in [-0.2, 0) is 38.7 Å². The minimum absolute atomic E-state index is 0.0571. The van der Waals surface area contributed by atoms with Crippen LogP contribution in [0.3, 0.4) is 0 Å². The van der Waals surface area contributed by atoms with Crippen molar-refractivity contribution in [2.45, 2.75) is 157 Å². The van der Waals surface area contributed by atoms with Crippen LogP contribution in [0.5, 0.6) is 0 Å². The number of Topliss-reactive ketones (excluding diaryl/α,β-unsaturated/α-hetero) is 1. The molecule has 4 atom stereocenters. The summed E-state index contributed by atoms with van der Waals surface area (Å²) in [6, 6.07) is 7.07. The molecule has 0 saturated carbocycles. The average Bonchev–Trinajstić information content (AvgIpc) is 3.56. The van der Waals surface area contributed by atoms with Gasteiger partial charge in [-0.15, -0.1) is 10.2 Å². The first kappa shape index (κ1) is 58.2. The van der Waals surface area contributed by atoms with Crippen molar-refractivity contribution in [3.8, 4) is 0 Å². The van der Waals surface area contributed by atoms with Gasteiger partial charge in [0.2, 0.25) is 29.1 Å². The molecule has 16 heteroatoms. The molecule has 1 heterocycles. The smallest absolute Gasteiger partial charge is 0.226 e. The van der Waals surface area contributed by atoms with E-state index in [2.05, 4.69) is 118 Å². The predicted molar refractivity (Wildman–Crippen MR) is 264 cm³/mol. The van der Waals surface area contributed by atoms with Crippen molar-refractivity contribution in [2.75, 3.05) is 13.2 Å². The summed E-state index contributed by atoms with van der Waals surface area (Å²) >= 11 is 16.9. The van der Waals surface area contributed by atoms with Gasteiger partial charge in [0.1, 0.15) is 5.78 Å². The van der Waals surface area contributed by atoms with Crippen molar-refractivity contribution < 1.29 is 23.5 Å². The zero-order valence-corrected chi connectivity index (χ0v) is 44.9. The summed E-state index contributed by atoms with van der Waals surface area (Å²) in [5.41, 5.74) is 4.32. The van der Waals surface area contributed by atoms with Crippen LogP contribution >= 0.6 is 30.6 Å². The topological polar surface area (TPSA) is 123 Å². The van der Waals surface area contributed by atoms with Crippen LogP contribution in [0.4, 0.5) is 11.4 Å². The summed E-state index contributed by atoms with van der Waals surface area (Å²) in [5, 5.41) is 22.2. The van der Waals surface area contributed by atoms with E-state index in [-0.39, 0.29) is 41.7 Å². The molecular formula is C45H70Cl2N5O5PSSi2. The van der Waals surface area contributed by atoms with Crippen LogP contribution in [0.1, 0.15) is 102 Å². The van der Waals surface area contributed by atoms with Gasteiger partial charge in [0.25, 0.3) is 0 Å². The largest absolute Gasteiger partial charge is 0.425 e. The Kier molecular flexibility index (Phi) is 24.3. The van der Waals surface area contributed by atoms with E-state index in [0.717, 1.165) is 29.6 Å². The number of carbonyl (C=O) groups excluding carboxylic acids is 2. The number of halogens is 2.